The number of fused-ring (bicyclic) bond motifs is 1. The molecule has 0 aliphatic heterocycles. The molecule has 0 aliphatic rings. The van der Waals surface area contributed by atoms with E-state index in [-0.39, 0.29) is 17.5 Å². The highest BCUT2D eigenvalue weighted by molar-refractivity contribution is 6.12. The average molecular weight is 392 g/mol. The van der Waals surface area contributed by atoms with Crippen molar-refractivity contribution in [1.29, 1.82) is 0 Å². The molecule has 0 radical (unpaired) electrons. The van der Waals surface area contributed by atoms with E-state index in [1.165, 1.54) is 25.2 Å². The molecule has 29 heavy (non-hydrogen) atoms. The molecule has 6 heteroatoms. The molecule has 4 rings (SSSR count). The van der Waals surface area contributed by atoms with Gasteiger partial charge in [0.15, 0.2) is 0 Å². The summed E-state index contributed by atoms with van der Waals surface area (Å²) in [6.45, 7) is 0. The second kappa shape index (κ2) is 7.39. The number of benzene rings is 3. The summed E-state index contributed by atoms with van der Waals surface area (Å²) >= 11 is 0. The molecule has 0 fully saturated rings. The molecular weight excluding hydrogens is 374 g/mol. The van der Waals surface area contributed by atoms with E-state index in [1.807, 2.05) is 0 Å². The minimum absolute atomic E-state index is 0.314. The van der Waals surface area contributed by atoms with Gasteiger partial charge in [-0.05, 0) is 36.4 Å². The van der Waals surface area contributed by atoms with Crippen LogP contribution in [0.25, 0.3) is 33.4 Å². The molecule has 0 aliphatic carbocycles. The molecule has 1 amide bonds. The van der Waals surface area contributed by atoms with Gasteiger partial charge >= 0.3 is 0 Å². The number of carbonyl (C=O) groups is 1. The van der Waals surface area contributed by atoms with Gasteiger partial charge in [0.1, 0.15) is 23.0 Å². The first-order chi connectivity index (χ1) is 14.0. The van der Waals surface area contributed by atoms with E-state index in [0.717, 1.165) is 0 Å². The van der Waals surface area contributed by atoms with Crippen molar-refractivity contribution in [2.24, 2.45) is 0 Å². The van der Waals surface area contributed by atoms with E-state index >= 15 is 0 Å². The van der Waals surface area contributed by atoms with Crippen molar-refractivity contribution in [2.75, 3.05) is 19.4 Å². The van der Waals surface area contributed by atoms with Crippen LogP contribution in [0.5, 0.6) is 0 Å². The molecular formula is C23H18F2N2O2. The summed E-state index contributed by atoms with van der Waals surface area (Å²) in [5, 5.41) is 6.22. The Labute approximate surface area is 166 Å². The quantitative estimate of drug-likeness (QED) is 0.486. The number of halogens is 2. The second-order valence-electron chi connectivity index (χ2n) is 6.52. The summed E-state index contributed by atoms with van der Waals surface area (Å²) in [4.78, 5) is 12.7. The summed E-state index contributed by atoms with van der Waals surface area (Å²) in [7, 11) is 3.25. The first-order valence-electron chi connectivity index (χ1n) is 9.04. The maximum atomic E-state index is 14.5. The van der Waals surface area contributed by atoms with Crippen LogP contribution in [0.15, 0.2) is 65.1 Å². The highest BCUT2D eigenvalue weighted by Crippen LogP contribution is 2.40. The third-order valence-corrected chi connectivity index (χ3v) is 4.82. The molecule has 1 aromatic heterocycles. The van der Waals surface area contributed by atoms with Crippen molar-refractivity contribution in [2.45, 2.75) is 0 Å². The largest absolute Gasteiger partial charge is 0.455 e. The molecule has 4 aromatic rings. The number of amides is 1. The summed E-state index contributed by atoms with van der Waals surface area (Å²) in [6.07, 6.45) is 0. The molecule has 1 heterocycles. The molecule has 0 saturated carbocycles. The number of nitrogens with one attached hydrogen (secondary N) is 2. The van der Waals surface area contributed by atoms with Gasteiger partial charge in [-0.15, -0.1) is 0 Å². The smallest absolute Gasteiger partial charge is 0.255 e. The SMILES string of the molecule is CNC(=O)c1c(-c2ccc(F)cc2)oc2cc(NC)c(-c3ccccc3F)cc12. The van der Waals surface area contributed by atoms with Gasteiger partial charge in [-0.3, -0.25) is 4.79 Å². The third kappa shape index (κ3) is 3.23. The minimum Gasteiger partial charge on any atom is -0.455 e. The summed E-state index contributed by atoms with van der Waals surface area (Å²) in [5.74, 6) is -0.774. The van der Waals surface area contributed by atoms with Crippen molar-refractivity contribution in [1.82, 2.24) is 5.32 Å². The van der Waals surface area contributed by atoms with Crippen LogP contribution in [-0.4, -0.2) is 20.0 Å². The molecule has 0 atom stereocenters. The van der Waals surface area contributed by atoms with Crippen LogP contribution in [0.2, 0.25) is 0 Å². The Hall–Kier alpha value is -3.67. The van der Waals surface area contributed by atoms with Crippen molar-refractivity contribution in [3.63, 3.8) is 0 Å². The van der Waals surface area contributed by atoms with Crippen molar-refractivity contribution >= 4 is 22.6 Å². The zero-order valence-electron chi connectivity index (χ0n) is 15.8. The predicted molar refractivity (Wildman–Crippen MR) is 110 cm³/mol. The Kier molecular flexibility index (Phi) is 4.76. The highest BCUT2D eigenvalue weighted by atomic mass is 19.1. The molecule has 0 saturated heterocycles. The lowest BCUT2D eigenvalue weighted by atomic mass is 9.98. The molecule has 4 nitrogen and oxygen atoms in total. The van der Waals surface area contributed by atoms with Crippen LogP contribution in [-0.2, 0) is 0 Å². The van der Waals surface area contributed by atoms with Gasteiger partial charge in [-0.1, -0.05) is 18.2 Å². The van der Waals surface area contributed by atoms with Gasteiger partial charge in [0.25, 0.3) is 5.91 Å². The first-order valence-corrected chi connectivity index (χ1v) is 9.04. The van der Waals surface area contributed by atoms with Crippen LogP contribution < -0.4 is 10.6 Å². The van der Waals surface area contributed by atoms with Gasteiger partial charge in [-0.25, -0.2) is 8.78 Å². The second-order valence-corrected chi connectivity index (χ2v) is 6.52. The number of hydrogen-bond acceptors (Lipinski definition) is 3. The standard InChI is InChI=1S/C23H18F2N2O2/c1-26-19-12-20-17(11-16(19)15-5-3-4-6-18(15)25)21(23(28)27-2)22(29-20)13-7-9-14(24)10-8-13/h3-12,26H,1-2H3,(H,27,28). The monoisotopic (exact) mass is 392 g/mol. The fraction of sp³-hybridized carbons (Fsp3) is 0.0870. The Bertz CT molecular complexity index is 1210. The van der Waals surface area contributed by atoms with E-state index < -0.39 is 0 Å². The van der Waals surface area contributed by atoms with Crippen LogP contribution >= 0.6 is 0 Å². The summed E-state index contributed by atoms with van der Waals surface area (Å²) in [6, 6.07) is 15.6. The molecule has 3 aromatic carbocycles. The number of rotatable bonds is 4. The average Bonchev–Trinajstić information content (AvgIpc) is 3.11. The highest BCUT2D eigenvalue weighted by Gasteiger charge is 2.23. The van der Waals surface area contributed by atoms with Crippen LogP contribution in [0.1, 0.15) is 10.4 Å². The fourth-order valence-corrected chi connectivity index (χ4v) is 3.41. The number of hydrogen-bond donors (Lipinski definition) is 2. The van der Waals surface area contributed by atoms with Crippen LogP contribution in [0, 0.1) is 11.6 Å². The van der Waals surface area contributed by atoms with Gasteiger partial charge in [0.2, 0.25) is 0 Å². The number of carbonyl (C=O) groups excluding carboxylic acids is 1. The Morgan fingerprint density at radius 3 is 2.31 bits per heavy atom. The van der Waals surface area contributed by atoms with E-state index in [0.29, 0.717) is 44.7 Å². The lowest BCUT2D eigenvalue weighted by Crippen LogP contribution is -2.18. The van der Waals surface area contributed by atoms with Crippen LogP contribution in [0.3, 0.4) is 0 Å². The van der Waals surface area contributed by atoms with Gasteiger partial charge < -0.3 is 15.1 Å². The van der Waals surface area contributed by atoms with E-state index in [1.54, 1.807) is 49.5 Å². The number of anilines is 1. The molecule has 146 valence electrons. The molecule has 0 spiro atoms. The lowest BCUT2D eigenvalue weighted by molar-refractivity contribution is 0.0964. The Balaban J connectivity index is 2.03. The van der Waals surface area contributed by atoms with Crippen molar-refractivity contribution < 1.29 is 18.0 Å². The summed E-state index contributed by atoms with van der Waals surface area (Å²) in [5.41, 5.74) is 3.02. The normalized spacial score (nSPS) is 10.9. The topological polar surface area (TPSA) is 54.3 Å². The number of furan rings is 1. The van der Waals surface area contributed by atoms with E-state index in [4.69, 9.17) is 4.42 Å². The fourth-order valence-electron chi connectivity index (χ4n) is 3.41. The maximum absolute atomic E-state index is 14.5. The van der Waals surface area contributed by atoms with Crippen molar-refractivity contribution in [3.8, 4) is 22.5 Å². The zero-order chi connectivity index (χ0) is 20.5. The minimum atomic E-state index is -0.384. The first kappa shape index (κ1) is 18.7. The van der Waals surface area contributed by atoms with Crippen LogP contribution in [0.4, 0.5) is 14.5 Å². The molecule has 2 N–H and O–H groups in total. The lowest BCUT2D eigenvalue weighted by Gasteiger charge is -2.11. The van der Waals surface area contributed by atoms with Gasteiger partial charge in [0.05, 0.1) is 5.56 Å². The van der Waals surface area contributed by atoms with Gasteiger partial charge in [0, 0.05) is 47.9 Å². The Morgan fingerprint density at radius 1 is 0.931 bits per heavy atom. The predicted octanol–water partition coefficient (Wildman–Crippen LogP) is 5.45. The molecule has 0 unspecified atom stereocenters. The third-order valence-electron chi connectivity index (χ3n) is 4.82. The molecule has 0 bridgehead atoms. The maximum Gasteiger partial charge on any atom is 0.255 e. The van der Waals surface area contributed by atoms with E-state index in [9.17, 15) is 13.6 Å². The Morgan fingerprint density at radius 2 is 1.66 bits per heavy atom. The van der Waals surface area contributed by atoms with Crippen molar-refractivity contribution in [3.05, 3.63) is 77.9 Å². The summed E-state index contributed by atoms with van der Waals surface area (Å²) < 4.78 is 33.8. The van der Waals surface area contributed by atoms with E-state index in [2.05, 4.69) is 10.6 Å². The van der Waals surface area contributed by atoms with Gasteiger partial charge in [-0.2, -0.15) is 0 Å². The zero-order valence-corrected chi connectivity index (χ0v) is 15.8.